The summed E-state index contributed by atoms with van der Waals surface area (Å²) in [5, 5.41) is 9.55. The largest absolute Gasteiger partial charge is 0.192 e. The summed E-state index contributed by atoms with van der Waals surface area (Å²) in [5.41, 5.74) is 2.09. The zero-order chi connectivity index (χ0) is 9.80. The van der Waals surface area contributed by atoms with E-state index in [0.29, 0.717) is 5.25 Å². The van der Waals surface area contributed by atoms with Crippen LogP contribution in [0.4, 0.5) is 0 Å². The minimum atomic E-state index is 0.555. The Morgan fingerprint density at radius 2 is 2.14 bits per heavy atom. The van der Waals surface area contributed by atoms with Crippen molar-refractivity contribution in [3.05, 3.63) is 35.4 Å². The van der Waals surface area contributed by atoms with Gasteiger partial charge >= 0.3 is 0 Å². The zero-order valence-corrected chi connectivity index (χ0v) is 8.89. The number of nitriles is 1. The van der Waals surface area contributed by atoms with Crippen molar-refractivity contribution in [2.75, 3.05) is 5.75 Å². The fourth-order valence-electron chi connectivity index (χ4n) is 1.87. The van der Waals surface area contributed by atoms with Crippen LogP contribution in [0.15, 0.2) is 24.3 Å². The van der Waals surface area contributed by atoms with Gasteiger partial charge in [-0.3, -0.25) is 0 Å². The van der Waals surface area contributed by atoms with Gasteiger partial charge in [0.2, 0.25) is 0 Å². The first kappa shape index (κ1) is 9.61. The van der Waals surface area contributed by atoms with Crippen molar-refractivity contribution in [3.63, 3.8) is 0 Å². The van der Waals surface area contributed by atoms with Gasteiger partial charge in [0.15, 0.2) is 0 Å². The average Bonchev–Trinajstić information content (AvgIpc) is 2.30. The molecule has 1 atom stereocenters. The van der Waals surface area contributed by atoms with Crippen LogP contribution in [0.3, 0.4) is 0 Å². The van der Waals surface area contributed by atoms with E-state index < -0.39 is 0 Å². The van der Waals surface area contributed by atoms with E-state index in [1.165, 1.54) is 30.6 Å². The molecule has 0 aliphatic carbocycles. The van der Waals surface area contributed by atoms with Crippen LogP contribution in [-0.2, 0) is 0 Å². The van der Waals surface area contributed by atoms with E-state index in [1.54, 1.807) is 0 Å². The van der Waals surface area contributed by atoms with Gasteiger partial charge in [0, 0.05) is 5.25 Å². The molecule has 1 aromatic rings. The third kappa shape index (κ3) is 1.93. The highest BCUT2D eigenvalue weighted by Gasteiger charge is 2.18. The van der Waals surface area contributed by atoms with Crippen LogP contribution >= 0.6 is 11.8 Å². The molecule has 0 saturated carbocycles. The fourth-order valence-corrected chi connectivity index (χ4v) is 3.24. The van der Waals surface area contributed by atoms with Crippen molar-refractivity contribution in [3.8, 4) is 6.07 Å². The van der Waals surface area contributed by atoms with E-state index in [-0.39, 0.29) is 0 Å². The molecule has 1 aromatic carbocycles. The van der Waals surface area contributed by atoms with Crippen LogP contribution in [-0.4, -0.2) is 5.75 Å². The summed E-state index contributed by atoms with van der Waals surface area (Å²) in [6.07, 6.45) is 3.86. The molecule has 0 bridgehead atoms. The molecule has 1 fully saturated rings. The molecule has 14 heavy (non-hydrogen) atoms. The van der Waals surface area contributed by atoms with Gasteiger partial charge in [-0.05, 0) is 30.2 Å². The minimum Gasteiger partial charge on any atom is -0.192 e. The molecule has 0 spiro atoms. The maximum atomic E-state index is 8.99. The molecule has 0 radical (unpaired) electrons. The molecule has 1 heterocycles. The van der Waals surface area contributed by atoms with Crippen molar-refractivity contribution in [2.45, 2.75) is 24.5 Å². The first-order valence-corrected chi connectivity index (χ1v) is 6.07. The van der Waals surface area contributed by atoms with Crippen molar-refractivity contribution in [1.29, 1.82) is 5.26 Å². The third-order valence-electron chi connectivity index (χ3n) is 2.61. The molecule has 72 valence electrons. The molecule has 1 saturated heterocycles. The second-order valence-corrected chi connectivity index (χ2v) is 4.86. The average molecular weight is 203 g/mol. The van der Waals surface area contributed by atoms with E-state index in [9.17, 15) is 0 Å². The Morgan fingerprint density at radius 1 is 1.29 bits per heavy atom. The van der Waals surface area contributed by atoms with Gasteiger partial charge in [-0.15, -0.1) is 0 Å². The summed E-state index contributed by atoms with van der Waals surface area (Å²) in [6.45, 7) is 0. The predicted octanol–water partition coefficient (Wildman–Crippen LogP) is 3.52. The minimum absolute atomic E-state index is 0.555. The lowest BCUT2D eigenvalue weighted by Gasteiger charge is -2.22. The smallest absolute Gasteiger partial charge is 0.0994 e. The number of thioether (sulfide) groups is 1. The highest BCUT2D eigenvalue weighted by Crippen LogP contribution is 2.39. The van der Waals surface area contributed by atoms with Crippen LogP contribution < -0.4 is 0 Å². The standard InChI is InChI=1S/C12H13NS/c13-9-10-5-1-2-6-11(10)12-7-3-4-8-14-12/h1-2,5-6,12H,3-4,7-8H2. The Balaban J connectivity index is 2.26. The summed E-state index contributed by atoms with van der Waals surface area (Å²) in [6, 6.07) is 10.3. The molecule has 0 aromatic heterocycles. The molecule has 0 N–H and O–H groups in total. The van der Waals surface area contributed by atoms with E-state index in [1.807, 2.05) is 30.0 Å². The molecular weight excluding hydrogens is 190 g/mol. The molecule has 1 unspecified atom stereocenters. The summed E-state index contributed by atoms with van der Waals surface area (Å²) in [4.78, 5) is 0. The van der Waals surface area contributed by atoms with Crippen molar-refractivity contribution in [2.24, 2.45) is 0 Å². The predicted molar refractivity (Wildman–Crippen MR) is 60.2 cm³/mol. The Hall–Kier alpha value is -0.940. The highest BCUT2D eigenvalue weighted by molar-refractivity contribution is 7.99. The van der Waals surface area contributed by atoms with Crippen LogP contribution in [0.1, 0.15) is 35.6 Å². The van der Waals surface area contributed by atoms with E-state index in [4.69, 9.17) is 5.26 Å². The number of benzene rings is 1. The van der Waals surface area contributed by atoms with Gasteiger partial charge in [0.05, 0.1) is 11.6 Å². The Kier molecular flexibility index (Phi) is 3.10. The first-order chi connectivity index (χ1) is 6.92. The number of hydrogen-bond acceptors (Lipinski definition) is 2. The zero-order valence-electron chi connectivity index (χ0n) is 8.07. The summed E-state index contributed by atoms with van der Waals surface area (Å²) in [7, 11) is 0. The SMILES string of the molecule is N#Cc1ccccc1C1CCCCS1. The van der Waals surface area contributed by atoms with Gasteiger partial charge < -0.3 is 0 Å². The highest BCUT2D eigenvalue weighted by atomic mass is 32.2. The normalized spacial score (nSPS) is 21.5. The molecular formula is C12H13NS. The lowest BCUT2D eigenvalue weighted by Crippen LogP contribution is -2.03. The van der Waals surface area contributed by atoms with Crippen molar-refractivity contribution >= 4 is 11.8 Å². The first-order valence-electron chi connectivity index (χ1n) is 5.02. The third-order valence-corrected chi connectivity index (χ3v) is 4.02. The number of rotatable bonds is 1. The van der Waals surface area contributed by atoms with Crippen molar-refractivity contribution < 1.29 is 0 Å². The van der Waals surface area contributed by atoms with Crippen LogP contribution in [0, 0.1) is 11.3 Å². The molecule has 2 rings (SSSR count). The summed E-state index contributed by atoms with van der Waals surface area (Å²) in [5.74, 6) is 1.24. The van der Waals surface area contributed by atoms with E-state index in [2.05, 4.69) is 12.1 Å². The fraction of sp³-hybridized carbons (Fsp3) is 0.417. The molecule has 1 nitrogen and oxygen atoms in total. The second-order valence-electron chi connectivity index (χ2n) is 3.55. The van der Waals surface area contributed by atoms with Crippen LogP contribution in [0.5, 0.6) is 0 Å². The molecule has 2 heteroatoms. The maximum absolute atomic E-state index is 8.99. The lowest BCUT2D eigenvalue weighted by molar-refractivity contribution is 0.685. The Morgan fingerprint density at radius 3 is 2.86 bits per heavy atom. The number of hydrogen-bond donors (Lipinski definition) is 0. The quantitative estimate of drug-likeness (QED) is 0.697. The van der Waals surface area contributed by atoms with Gasteiger partial charge in [0.1, 0.15) is 0 Å². The number of nitrogens with zero attached hydrogens (tertiary/aromatic N) is 1. The van der Waals surface area contributed by atoms with Gasteiger partial charge in [0.25, 0.3) is 0 Å². The van der Waals surface area contributed by atoms with Gasteiger partial charge in [-0.1, -0.05) is 24.6 Å². The van der Waals surface area contributed by atoms with Crippen LogP contribution in [0.2, 0.25) is 0 Å². The lowest BCUT2D eigenvalue weighted by atomic mass is 10.0. The summed E-state index contributed by atoms with van der Waals surface area (Å²) < 4.78 is 0. The van der Waals surface area contributed by atoms with Crippen molar-refractivity contribution in [1.82, 2.24) is 0 Å². The second kappa shape index (κ2) is 4.52. The summed E-state index contributed by atoms with van der Waals surface area (Å²) >= 11 is 1.99. The molecule has 1 aliphatic heterocycles. The topological polar surface area (TPSA) is 23.8 Å². The monoisotopic (exact) mass is 203 g/mol. The van der Waals surface area contributed by atoms with Gasteiger partial charge in [-0.25, -0.2) is 0 Å². The van der Waals surface area contributed by atoms with E-state index in [0.717, 1.165) is 5.56 Å². The molecule has 0 amide bonds. The maximum Gasteiger partial charge on any atom is 0.0994 e. The molecule has 1 aliphatic rings. The Labute approximate surface area is 89.1 Å². The van der Waals surface area contributed by atoms with E-state index >= 15 is 0 Å². The van der Waals surface area contributed by atoms with Crippen LogP contribution in [0.25, 0.3) is 0 Å². The van der Waals surface area contributed by atoms with Gasteiger partial charge in [-0.2, -0.15) is 17.0 Å². The Bertz CT molecular complexity index is 348.